The first-order chi connectivity index (χ1) is 7.41. The first-order valence-electron chi connectivity index (χ1n) is 4.36. The average molecular weight is 227 g/mol. The molecule has 0 heterocycles. The van der Waals surface area contributed by atoms with E-state index in [-0.39, 0.29) is 11.6 Å². The Balaban J connectivity index is 3.04. The fourth-order valence-corrected chi connectivity index (χ4v) is 0.987. The van der Waals surface area contributed by atoms with Gasteiger partial charge in [-0.1, -0.05) is 0 Å². The first kappa shape index (κ1) is 11.9. The van der Waals surface area contributed by atoms with Crippen LogP contribution in [0.15, 0.2) is 18.2 Å². The molecular formula is C9H10FN3O3. The van der Waals surface area contributed by atoms with Crippen LogP contribution >= 0.6 is 0 Å². The minimum absolute atomic E-state index is 0.117. The summed E-state index contributed by atoms with van der Waals surface area (Å²) in [5, 5.41) is 17.7. The second-order valence-electron chi connectivity index (χ2n) is 3.08. The van der Waals surface area contributed by atoms with Gasteiger partial charge in [-0.3, -0.25) is 15.5 Å². The van der Waals surface area contributed by atoms with Gasteiger partial charge in [0.1, 0.15) is 11.7 Å². The van der Waals surface area contributed by atoms with Crippen LogP contribution in [0.2, 0.25) is 0 Å². The molecule has 7 heteroatoms. The van der Waals surface area contributed by atoms with Crippen molar-refractivity contribution >= 4 is 11.5 Å². The molecule has 0 amide bonds. The monoisotopic (exact) mass is 227 g/mol. The lowest BCUT2D eigenvalue weighted by molar-refractivity contribution is -0.386. The fraction of sp³-hybridized carbons (Fsp3) is 0.222. The van der Waals surface area contributed by atoms with Gasteiger partial charge < -0.3 is 10.5 Å². The largest absolute Gasteiger partial charge is 0.476 e. The maximum absolute atomic E-state index is 12.8. The second kappa shape index (κ2) is 4.56. The van der Waals surface area contributed by atoms with E-state index in [0.29, 0.717) is 0 Å². The van der Waals surface area contributed by atoms with Crippen molar-refractivity contribution in [2.75, 3.05) is 0 Å². The molecule has 0 aliphatic rings. The zero-order valence-corrected chi connectivity index (χ0v) is 8.44. The topological polar surface area (TPSA) is 102 Å². The van der Waals surface area contributed by atoms with Crippen molar-refractivity contribution in [3.63, 3.8) is 0 Å². The highest BCUT2D eigenvalue weighted by Crippen LogP contribution is 2.28. The molecule has 16 heavy (non-hydrogen) atoms. The Morgan fingerprint density at radius 3 is 2.81 bits per heavy atom. The molecule has 0 spiro atoms. The summed E-state index contributed by atoms with van der Waals surface area (Å²) < 4.78 is 17.8. The lowest BCUT2D eigenvalue weighted by Crippen LogP contribution is -2.30. The van der Waals surface area contributed by atoms with Crippen LogP contribution in [0.4, 0.5) is 10.1 Å². The summed E-state index contributed by atoms with van der Waals surface area (Å²) in [6.07, 6.45) is -0.802. The van der Waals surface area contributed by atoms with Gasteiger partial charge in [-0.15, -0.1) is 0 Å². The normalized spacial score (nSPS) is 11.9. The number of nitrogens with zero attached hydrogens (tertiary/aromatic N) is 1. The first-order valence-corrected chi connectivity index (χ1v) is 4.36. The second-order valence-corrected chi connectivity index (χ2v) is 3.08. The van der Waals surface area contributed by atoms with Crippen LogP contribution in [-0.2, 0) is 0 Å². The lowest BCUT2D eigenvalue weighted by atomic mass is 10.3. The molecule has 1 aromatic carbocycles. The van der Waals surface area contributed by atoms with E-state index in [9.17, 15) is 14.5 Å². The lowest BCUT2D eigenvalue weighted by Gasteiger charge is -2.12. The number of nitro groups is 1. The summed E-state index contributed by atoms with van der Waals surface area (Å²) in [7, 11) is 0. The zero-order valence-electron chi connectivity index (χ0n) is 8.44. The maximum atomic E-state index is 12.8. The summed E-state index contributed by atoms with van der Waals surface area (Å²) in [6.45, 7) is 1.47. The molecule has 0 fully saturated rings. The van der Waals surface area contributed by atoms with Crippen molar-refractivity contribution < 1.29 is 14.1 Å². The van der Waals surface area contributed by atoms with Gasteiger partial charge in [-0.05, 0) is 19.1 Å². The van der Waals surface area contributed by atoms with Crippen molar-refractivity contribution in [3.8, 4) is 5.75 Å². The average Bonchev–Trinajstić information content (AvgIpc) is 2.20. The molecule has 1 rings (SSSR count). The van der Waals surface area contributed by atoms with Crippen LogP contribution in [0.25, 0.3) is 0 Å². The number of nitro benzene ring substituents is 1. The quantitative estimate of drug-likeness (QED) is 0.351. The van der Waals surface area contributed by atoms with Gasteiger partial charge >= 0.3 is 5.69 Å². The fourth-order valence-electron chi connectivity index (χ4n) is 0.987. The predicted molar refractivity (Wildman–Crippen MR) is 55.1 cm³/mol. The van der Waals surface area contributed by atoms with E-state index in [4.69, 9.17) is 15.9 Å². The number of amidine groups is 1. The standard InChI is InChI=1S/C9H10FN3O3/c1-5(9(11)12)16-8-3-2-6(10)4-7(8)13(14)15/h2-5H,1H3,(H3,11,12). The Hall–Kier alpha value is -2.18. The van der Waals surface area contributed by atoms with Gasteiger partial charge in [0.15, 0.2) is 11.9 Å². The van der Waals surface area contributed by atoms with E-state index in [2.05, 4.69) is 0 Å². The van der Waals surface area contributed by atoms with Crippen molar-refractivity contribution in [3.05, 3.63) is 34.1 Å². The maximum Gasteiger partial charge on any atom is 0.313 e. The van der Waals surface area contributed by atoms with E-state index >= 15 is 0 Å². The summed E-state index contributed by atoms with van der Waals surface area (Å²) in [5.41, 5.74) is 4.66. The van der Waals surface area contributed by atoms with Gasteiger partial charge in [-0.25, -0.2) is 4.39 Å². The SMILES string of the molecule is CC(Oc1ccc(F)cc1[N+](=O)[O-])C(=N)N. The summed E-state index contributed by atoms with van der Waals surface area (Å²) in [4.78, 5) is 9.84. The van der Waals surface area contributed by atoms with E-state index in [1.54, 1.807) is 0 Å². The summed E-state index contributed by atoms with van der Waals surface area (Å²) >= 11 is 0. The highest BCUT2D eigenvalue weighted by molar-refractivity contribution is 5.81. The Morgan fingerprint density at radius 2 is 2.31 bits per heavy atom. The molecule has 0 aliphatic heterocycles. The molecule has 0 saturated heterocycles. The molecule has 0 saturated carbocycles. The third-order valence-electron chi connectivity index (χ3n) is 1.86. The van der Waals surface area contributed by atoms with Crippen molar-refractivity contribution in [1.82, 2.24) is 0 Å². The molecule has 0 radical (unpaired) electrons. The number of ether oxygens (including phenoxy) is 1. The number of hydrogen-bond donors (Lipinski definition) is 2. The predicted octanol–water partition coefficient (Wildman–Crippen LogP) is 1.44. The van der Waals surface area contributed by atoms with Gasteiger partial charge in [-0.2, -0.15) is 0 Å². The summed E-state index contributed by atoms with van der Waals surface area (Å²) in [5.74, 6) is -1.11. The van der Waals surface area contributed by atoms with Crippen LogP contribution in [0.5, 0.6) is 5.75 Å². The number of halogens is 1. The third-order valence-corrected chi connectivity index (χ3v) is 1.86. The molecule has 3 N–H and O–H groups in total. The highest BCUT2D eigenvalue weighted by atomic mass is 19.1. The smallest absolute Gasteiger partial charge is 0.313 e. The van der Waals surface area contributed by atoms with E-state index in [1.165, 1.54) is 6.92 Å². The number of nitrogens with one attached hydrogen (secondary N) is 1. The molecule has 1 atom stereocenters. The van der Waals surface area contributed by atoms with Crippen LogP contribution in [0.1, 0.15) is 6.92 Å². The molecule has 6 nitrogen and oxygen atoms in total. The molecule has 0 bridgehead atoms. The van der Waals surface area contributed by atoms with Crippen LogP contribution in [0.3, 0.4) is 0 Å². The number of hydrogen-bond acceptors (Lipinski definition) is 4. The van der Waals surface area contributed by atoms with Crippen molar-refractivity contribution in [2.45, 2.75) is 13.0 Å². The van der Waals surface area contributed by atoms with Crippen LogP contribution < -0.4 is 10.5 Å². The Labute approximate surface area is 90.5 Å². The van der Waals surface area contributed by atoms with Crippen LogP contribution in [-0.4, -0.2) is 16.9 Å². The van der Waals surface area contributed by atoms with Gasteiger partial charge in [0.2, 0.25) is 0 Å². The molecule has 0 aromatic heterocycles. The third kappa shape index (κ3) is 2.66. The Kier molecular flexibility index (Phi) is 3.39. The molecule has 1 aromatic rings. The summed E-state index contributed by atoms with van der Waals surface area (Å²) in [6, 6.07) is 2.92. The number of rotatable bonds is 4. The number of nitrogens with two attached hydrogens (primary N) is 1. The van der Waals surface area contributed by atoms with Crippen molar-refractivity contribution in [1.29, 1.82) is 5.41 Å². The van der Waals surface area contributed by atoms with Gasteiger partial charge in [0, 0.05) is 0 Å². The minimum Gasteiger partial charge on any atom is -0.476 e. The molecule has 0 aliphatic carbocycles. The van der Waals surface area contributed by atoms with E-state index < -0.39 is 22.5 Å². The van der Waals surface area contributed by atoms with Crippen molar-refractivity contribution in [2.24, 2.45) is 5.73 Å². The number of benzene rings is 1. The highest BCUT2D eigenvalue weighted by Gasteiger charge is 2.19. The Morgan fingerprint density at radius 1 is 1.69 bits per heavy atom. The molecular weight excluding hydrogens is 217 g/mol. The van der Waals surface area contributed by atoms with Crippen LogP contribution in [0, 0.1) is 21.3 Å². The zero-order chi connectivity index (χ0) is 12.3. The van der Waals surface area contributed by atoms with E-state index in [1.807, 2.05) is 0 Å². The van der Waals surface area contributed by atoms with E-state index in [0.717, 1.165) is 18.2 Å². The minimum atomic E-state index is -0.802. The van der Waals surface area contributed by atoms with Gasteiger partial charge in [0.05, 0.1) is 11.0 Å². The van der Waals surface area contributed by atoms with Gasteiger partial charge in [0.25, 0.3) is 0 Å². The Bertz CT molecular complexity index is 436. The molecule has 86 valence electrons. The molecule has 1 unspecified atom stereocenters.